The second kappa shape index (κ2) is 6.95. The smallest absolute Gasteiger partial charge is 0.261 e. The molecule has 0 aromatic rings. The minimum atomic E-state index is -2.42. The Balaban J connectivity index is 3.07. The Morgan fingerprint density at radius 1 is 1.58 bits per heavy atom. The summed E-state index contributed by atoms with van der Waals surface area (Å²) in [6, 6.07) is 1.69. The van der Waals surface area contributed by atoms with Gasteiger partial charge in [-0.1, -0.05) is 0 Å². The fraction of sp³-hybridized carbons (Fsp3) is 0.857. The molecule has 0 heterocycles. The molecule has 0 aliphatic heterocycles. The van der Waals surface area contributed by atoms with Gasteiger partial charge in [-0.25, -0.2) is 8.78 Å². The summed E-state index contributed by atoms with van der Waals surface area (Å²) in [5.41, 5.74) is 0. The minimum Gasteiger partial charge on any atom is -0.374 e. The summed E-state index contributed by atoms with van der Waals surface area (Å²) in [5, 5.41) is 11.1. The molecule has 0 aliphatic rings. The summed E-state index contributed by atoms with van der Waals surface area (Å²) >= 11 is 0. The van der Waals surface area contributed by atoms with Crippen molar-refractivity contribution in [2.45, 2.75) is 19.4 Å². The van der Waals surface area contributed by atoms with Gasteiger partial charge in [-0.3, -0.25) is 5.32 Å². The summed E-state index contributed by atoms with van der Waals surface area (Å²) in [6.45, 7) is 1.77. The SMILES string of the molecule is CC(C#N)NCCOCC(F)F. The second-order valence-electron chi connectivity index (χ2n) is 2.27. The van der Waals surface area contributed by atoms with Crippen molar-refractivity contribution in [3.8, 4) is 6.07 Å². The van der Waals surface area contributed by atoms with Gasteiger partial charge in [0.15, 0.2) is 0 Å². The third-order valence-corrected chi connectivity index (χ3v) is 1.13. The molecule has 0 aromatic heterocycles. The lowest BCUT2D eigenvalue weighted by Crippen LogP contribution is -2.28. The van der Waals surface area contributed by atoms with Crippen molar-refractivity contribution in [2.75, 3.05) is 19.8 Å². The van der Waals surface area contributed by atoms with Crippen molar-refractivity contribution < 1.29 is 13.5 Å². The normalized spacial score (nSPS) is 12.9. The van der Waals surface area contributed by atoms with Crippen molar-refractivity contribution in [3.63, 3.8) is 0 Å². The van der Waals surface area contributed by atoms with Crippen LogP contribution in [0.1, 0.15) is 6.92 Å². The highest BCUT2D eigenvalue weighted by molar-refractivity contribution is 4.84. The largest absolute Gasteiger partial charge is 0.374 e. The molecule has 3 nitrogen and oxygen atoms in total. The lowest BCUT2D eigenvalue weighted by molar-refractivity contribution is 0.0186. The number of alkyl halides is 2. The molecule has 1 unspecified atom stereocenters. The molecule has 70 valence electrons. The van der Waals surface area contributed by atoms with Crippen molar-refractivity contribution in [3.05, 3.63) is 0 Å². The Bertz CT molecular complexity index is 147. The molecule has 0 bridgehead atoms. The molecule has 0 radical (unpaired) electrons. The van der Waals surface area contributed by atoms with E-state index in [9.17, 15) is 8.78 Å². The van der Waals surface area contributed by atoms with Gasteiger partial charge < -0.3 is 4.74 Å². The fourth-order valence-corrected chi connectivity index (χ4v) is 0.566. The van der Waals surface area contributed by atoms with Crippen LogP contribution in [0.2, 0.25) is 0 Å². The molecule has 12 heavy (non-hydrogen) atoms. The van der Waals surface area contributed by atoms with Crippen LogP contribution in [0.4, 0.5) is 8.78 Å². The second-order valence-corrected chi connectivity index (χ2v) is 2.27. The quantitative estimate of drug-likeness (QED) is 0.611. The standard InChI is InChI=1S/C7H12F2N2O/c1-6(4-10)11-2-3-12-5-7(8)9/h6-7,11H,2-3,5H2,1H3. The Labute approximate surface area is 70.3 Å². The molecule has 0 aromatic carbocycles. The Kier molecular flexibility index (Phi) is 6.53. The summed E-state index contributed by atoms with van der Waals surface area (Å²) in [4.78, 5) is 0. The predicted octanol–water partition coefficient (Wildman–Crippen LogP) is 0.770. The van der Waals surface area contributed by atoms with E-state index in [0.717, 1.165) is 0 Å². The number of nitriles is 1. The van der Waals surface area contributed by atoms with Gasteiger partial charge >= 0.3 is 0 Å². The lowest BCUT2D eigenvalue weighted by Gasteiger charge is -2.06. The van der Waals surface area contributed by atoms with Crippen LogP contribution in [0.15, 0.2) is 0 Å². The zero-order valence-electron chi connectivity index (χ0n) is 6.89. The molecule has 1 atom stereocenters. The number of nitrogens with zero attached hydrogens (tertiary/aromatic N) is 1. The summed E-state index contributed by atoms with van der Waals surface area (Å²) in [5.74, 6) is 0. The van der Waals surface area contributed by atoms with E-state index in [4.69, 9.17) is 5.26 Å². The zero-order valence-corrected chi connectivity index (χ0v) is 6.89. The Hall–Kier alpha value is -0.730. The molecule has 1 N–H and O–H groups in total. The molecule has 0 saturated carbocycles. The molecule has 0 rings (SSSR count). The molecule has 0 fully saturated rings. The average Bonchev–Trinajstić information content (AvgIpc) is 2.03. The van der Waals surface area contributed by atoms with Gasteiger partial charge in [0.2, 0.25) is 0 Å². The minimum absolute atomic E-state index is 0.205. The van der Waals surface area contributed by atoms with E-state index in [1.54, 1.807) is 6.92 Å². The third-order valence-electron chi connectivity index (χ3n) is 1.13. The molecular formula is C7H12F2N2O. The summed E-state index contributed by atoms with van der Waals surface area (Å²) in [7, 11) is 0. The Morgan fingerprint density at radius 2 is 2.25 bits per heavy atom. The number of hydrogen-bond acceptors (Lipinski definition) is 3. The van der Waals surface area contributed by atoms with E-state index < -0.39 is 13.0 Å². The van der Waals surface area contributed by atoms with Crippen molar-refractivity contribution in [2.24, 2.45) is 0 Å². The molecule has 0 aliphatic carbocycles. The highest BCUT2D eigenvalue weighted by Crippen LogP contribution is 1.91. The average molecular weight is 178 g/mol. The lowest BCUT2D eigenvalue weighted by atomic mass is 10.4. The van der Waals surface area contributed by atoms with Gasteiger partial charge in [0, 0.05) is 6.54 Å². The highest BCUT2D eigenvalue weighted by atomic mass is 19.3. The van der Waals surface area contributed by atoms with Crippen molar-refractivity contribution in [1.29, 1.82) is 5.26 Å². The van der Waals surface area contributed by atoms with E-state index in [1.165, 1.54) is 0 Å². The maximum absolute atomic E-state index is 11.5. The first-order valence-corrected chi connectivity index (χ1v) is 3.65. The molecular weight excluding hydrogens is 166 g/mol. The van der Waals surface area contributed by atoms with Crippen LogP contribution in [0.25, 0.3) is 0 Å². The third kappa shape index (κ3) is 7.38. The maximum Gasteiger partial charge on any atom is 0.261 e. The number of halogens is 2. The van der Waals surface area contributed by atoms with Crippen LogP contribution in [0.5, 0.6) is 0 Å². The van der Waals surface area contributed by atoms with E-state index in [0.29, 0.717) is 6.54 Å². The highest BCUT2D eigenvalue weighted by Gasteiger charge is 2.01. The Morgan fingerprint density at radius 3 is 2.75 bits per heavy atom. The number of ether oxygens (including phenoxy) is 1. The monoisotopic (exact) mass is 178 g/mol. The van der Waals surface area contributed by atoms with Crippen LogP contribution in [0, 0.1) is 11.3 Å². The van der Waals surface area contributed by atoms with Crippen molar-refractivity contribution >= 4 is 0 Å². The molecule has 0 saturated heterocycles. The zero-order chi connectivity index (χ0) is 9.40. The van der Waals surface area contributed by atoms with Crippen molar-refractivity contribution in [1.82, 2.24) is 5.32 Å². The maximum atomic E-state index is 11.5. The van der Waals surface area contributed by atoms with Gasteiger partial charge in [0.1, 0.15) is 6.61 Å². The van der Waals surface area contributed by atoms with Crippen LogP contribution in [-0.4, -0.2) is 32.2 Å². The first kappa shape index (κ1) is 11.3. The molecule has 5 heteroatoms. The van der Waals surface area contributed by atoms with Crippen LogP contribution < -0.4 is 5.32 Å². The van der Waals surface area contributed by atoms with Gasteiger partial charge in [-0.05, 0) is 6.92 Å². The number of nitrogens with one attached hydrogen (secondary N) is 1. The molecule has 0 amide bonds. The van der Waals surface area contributed by atoms with E-state index in [2.05, 4.69) is 10.1 Å². The van der Waals surface area contributed by atoms with Gasteiger partial charge in [-0.2, -0.15) is 5.26 Å². The summed E-state index contributed by atoms with van der Waals surface area (Å²) in [6.07, 6.45) is -2.42. The van der Waals surface area contributed by atoms with E-state index in [1.807, 2.05) is 6.07 Å². The fourth-order valence-electron chi connectivity index (χ4n) is 0.566. The first-order valence-electron chi connectivity index (χ1n) is 3.65. The topological polar surface area (TPSA) is 45.0 Å². The molecule has 0 spiro atoms. The number of hydrogen-bond donors (Lipinski definition) is 1. The van der Waals surface area contributed by atoms with E-state index in [-0.39, 0.29) is 12.6 Å². The van der Waals surface area contributed by atoms with Crippen LogP contribution >= 0.6 is 0 Å². The number of rotatable bonds is 6. The predicted molar refractivity (Wildman–Crippen MR) is 39.9 cm³/mol. The van der Waals surface area contributed by atoms with Gasteiger partial charge in [0.05, 0.1) is 18.7 Å². The van der Waals surface area contributed by atoms with E-state index >= 15 is 0 Å². The van der Waals surface area contributed by atoms with Gasteiger partial charge in [0.25, 0.3) is 6.43 Å². The van der Waals surface area contributed by atoms with Crippen LogP contribution in [-0.2, 0) is 4.74 Å². The summed E-state index contributed by atoms with van der Waals surface area (Å²) < 4.78 is 27.5. The van der Waals surface area contributed by atoms with Crippen LogP contribution in [0.3, 0.4) is 0 Å². The van der Waals surface area contributed by atoms with Gasteiger partial charge in [-0.15, -0.1) is 0 Å². The first-order chi connectivity index (χ1) is 5.66.